The van der Waals surface area contributed by atoms with Gasteiger partial charge in [-0.25, -0.2) is 19.6 Å². The standard InChI is InChI=1S/C14H12N4O5/c1-16-12(19)10-11(15)17-5-9(18-10)6-2-7(13(20)21)4-8(3-6)14(22)23/h2-5H,1H3,(H2,15,17)(H,16,19)(H,20,21)(H,22,23). The van der Waals surface area contributed by atoms with E-state index in [-0.39, 0.29) is 33.9 Å². The lowest BCUT2D eigenvalue weighted by Crippen LogP contribution is -2.21. The van der Waals surface area contributed by atoms with Crippen LogP contribution in [0.3, 0.4) is 0 Å². The van der Waals surface area contributed by atoms with E-state index in [1.54, 1.807) is 0 Å². The molecule has 0 aliphatic heterocycles. The van der Waals surface area contributed by atoms with Crippen molar-refractivity contribution < 1.29 is 24.6 Å². The van der Waals surface area contributed by atoms with Gasteiger partial charge in [0.05, 0.1) is 23.0 Å². The van der Waals surface area contributed by atoms with Crippen molar-refractivity contribution in [2.45, 2.75) is 0 Å². The van der Waals surface area contributed by atoms with Gasteiger partial charge in [-0.1, -0.05) is 0 Å². The highest BCUT2D eigenvalue weighted by Crippen LogP contribution is 2.22. The van der Waals surface area contributed by atoms with Crippen molar-refractivity contribution >= 4 is 23.7 Å². The molecule has 1 amide bonds. The number of nitrogens with one attached hydrogen (secondary N) is 1. The van der Waals surface area contributed by atoms with Gasteiger partial charge in [0, 0.05) is 12.6 Å². The topological polar surface area (TPSA) is 156 Å². The second-order valence-corrected chi connectivity index (χ2v) is 4.48. The number of hydrogen-bond donors (Lipinski definition) is 4. The van der Waals surface area contributed by atoms with Crippen molar-refractivity contribution in [1.82, 2.24) is 15.3 Å². The van der Waals surface area contributed by atoms with Crippen molar-refractivity contribution in [2.75, 3.05) is 12.8 Å². The zero-order chi connectivity index (χ0) is 17.1. The number of carbonyl (C=O) groups is 3. The number of hydrogen-bond acceptors (Lipinski definition) is 6. The van der Waals surface area contributed by atoms with Gasteiger partial charge in [-0.05, 0) is 18.2 Å². The molecule has 0 saturated carbocycles. The monoisotopic (exact) mass is 316 g/mol. The molecule has 0 saturated heterocycles. The predicted molar refractivity (Wildman–Crippen MR) is 79.2 cm³/mol. The fourth-order valence-corrected chi connectivity index (χ4v) is 1.85. The Morgan fingerprint density at radius 1 is 1.09 bits per heavy atom. The van der Waals surface area contributed by atoms with Gasteiger partial charge in [0.15, 0.2) is 11.5 Å². The summed E-state index contributed by atoms with van der Waals surface area (Å²) in [6.45, 7) is 0. The summed E-state index contributed by atoms with van der Waals surface area (Å²) in [6, 6.07) is 3.50. The summed E-state index contributed by atoms with van der Waals surface area (Å²) < 4.78 is 0. The van der Waals surface area contributed by atoms with Gasteiger partial charge < -0.3 is 21.3 Å². The Morgan fingerprint density at radius 2 is 1.65 bits per heavy atom. The van der Waals surface area contributed by atoms with Crippen LogP contribution >= 0.6 is 0 Å². The van der Waals surface area contributed by atoms with Gasteiger partial charge in [0.2, 0.25) is 0 Å². The number of nitrogen functional groups attached to an aromatic ring is 1. The van der Waals surface area contributed by atoms with Crippen LogP contribution in [0.25, 0.3) is 11.3 Å². The van der Waals surface area contributed by atoms with Crippen molar-refractivity contribution in [1.29, 1.82) is 0 Å². The van der Waals surface area contributed by atoms with Crippen LogP contribution in [0.15, 0.2) is 24.4 Å². The maximum atomic E-state index is 11.7. The first-order valence-electron chi connectivity index (χ1n) is 6.30. The molecule has 9 nitrogen and oxygen atoms in total. The van der Waals surface area contributed by atoms with Gasteiger partial charge in [-0.2, -0.15) is 0 Å². The predicted octanol–water partition coefficient (Wildman–Crippen LogP) is 0.482. The van der Waals surface area contributed by atoms with E-state index in [0.29, 0.717) is 0 Å². The molecule has 0 fully saturated rings. The molecule has 23 heavy (non-hydrogen) atoms. The molecule has 0 spiro atoms. The smallest absolute Gasteiger partial charge is 0.335 e. The molecule has 5 N–H and O–H groups in total. The van der Waals surface area contributed by atoms with E-state index < -0.39 is 17.8 Å². The number of carboxylic acid groups (broad SMARTS) is 2. The number of aromatic nitrogens is 2. The molecule has 1 aromatic heterocycles. The zero-order valence-electron chi connectivity index (χ0n) is 11.9. The largest absolute Gasteiger partial charge is 0.478 e. The maximum Gasteiger partial charge on any atom is 0.335 e. The number of aromatic carboxylic acids is 2. The molecule has 1 aromatic carbocycles. The molecule has 0 atom stereocenters. The van der Waals surface area contributed by atoms with Gasteiger partial charge in [-0.15, -0.1) is 0 Å². The molecule has 118 valence electrons. The molecule has 0 bridgehead atoms. The summed E-state index contributed by atoms with van der Waals surface area (Å²) in [4.78, 5) is 41.8. The van der Waals surface area contributed by atoms with Crippen molar-refractivity contribution in [2.24, 2.45) is 0 Å². The van der Waals surface area contributed by atoms with Crippen LogP contribution in [0, 0.1) is 0 Å². The second-order valence-electron chi connectivity index (χ2n) is 4.48. The molecule has 1 heterocycles. The second kappa shape index (κ2) is 6.10. The molecule has 0 radical (unpaired) electrons. The fourth-order valence-electron chi connectivity index (χ4n) is 1.85. The normalized spacial score (nSPS) is 10.1. The first kappa shape index (κ1) is 15.9. The number of anilines is 1. The first-order chi connectivity index (χ1) is 10.8. The fraction of sp³-hybridized carbons (Fsp3) is 0.0714. The Bertz CT molecular complexity index is 787. The average molecular weight is 316 g/mol. The molecule has 2 aromatic rings. The van der Waals surface area contributed by atoms with Gasteiger partial charge in [-0.3, -0.25) is 4.79 Å². The Kier molecular flexibility index (Phi) is 4.21. The summed E-state index contributed by atoms with van der Waals surface area (Å²) in [5.74, 6) is -3.24. The number of carboxylic acids is 2. The third-order valence-electron chi connectivity index (χ3n) is 2.97. The molecular formula is C14H12N4O5. The Hall–Kier alpha value is -3.49. The van der Waals surface area contributed by atoms with Crippen molar-refractivity contribution in [3.8, 4) is 11.3 Å². The minimum Gasteiger partial charge on any atom is -0.478 e. The SMILES string of the molecule is CNC(=O)c1nc(-c2cc(C(=O)O)cc(C(=O)O)c2)cnc1N. The zero-order valence-corrected chi connectivity index (χ0v) is 11.9. The summed E-state index contributed by atoms with van der Waals surface area (Å²) in [5, 5.41) is 20.5. The lowest BCUT2D eigenvalue weighted by atomic mass is 10.0. The number of carbonyl (C=O) groups excluding carboxylic acids is 1. The summed E-state index contributed by atoms with van der Waals surface area (Å²) in [5.41, 5.74) is 5.32. The molecule has 0 aliphatic rings. The molecule has 0 unspecified atom stereocenters. The van der Waals surface area contributed by atoms with E-state index in [2.05, 4.69) is 15.3 Å². The summed E-state index contributed by atoms with van der Waals surface area (Å²) >= 11 is 0. The van der Waals surface area contributed by atoms with Crippen molar-refractivity contribution in [3.05, 3.63) is 41.2 Å². The van der Waals surface area contributed by atoms with Crippen LogP contribution in [0.2, 0.25) is 0 Å². The van der Waals surface area contributed by atoms with Crippen LogP contribution in [0.4, 0.5) is 5.82 Å². The van der Waals surface area contributed by atoms with Crippen LogP contribution in [-0.4, -0.2) is 45.1 Å². The van der Waals surface area contributed by atoms with Crippen LogP contribution in [0.1, 0.15) is 31.2 Å². The summed E-state index contributed by atoms with van der Waals surface area (Å²) in [7, 11) is 1.39. The highest BCUT2D eigenvalue weighted by Gasteiger charge is 2.16. The van der Waals surface area contributed by atoms with Gasteiger partial charge in [0.1, 0.15) is 0 Å². The maximum absolute atomic E-state index is 11.7. The number of nitrogens with two attached hydrogens (primary N) is 1. The quantitative estimate of drug-likeness (QED) is 0.634. The van der Waals surface area contributed by atoms with E-state index in [9.17, 15) is 14.4 Å². The molecule has 0 aliphatic carbocycles. The van der Waals surface area contributed by atoms with E-state index in [1.165, 1.54) is 25.4 Å². The highest BCUT2D eigenvalue weighted by molar-refractivity contribution is 5.98. The van der Waals surface area contributed by atoms with E-state index in [0.717, 1.165) is 6.07 Å². The number of nitrogens with zero attached hydrogens (tertiary/aromatic N) is 2. The summed E-state index contributed by atoms with van der Waals surface area (Å²) in [6.07, 6.45) is 1.23. The third-order valence-corrected chi connectivity index (χ3v) is 2.97. The number of benzene rings is 1. The van der Waals surface area contributed by atoms with Gasteiger partial charge >= 0.3 is 11.9 Å². The van der Waals surface area contributed by atoms with E-state index >= 15 is 0 Å². The lowest BCUT2D eigenvalue weighted by molar-refractivity contribution is 0.0696. The minimum absolute atomic E-state index is 0.0963. The van der Waals surface area contributed by atoms with Crippen molar-refractivity contribution in [3.63, 3.8) is 0 Å². The Labute approximate surface area is 129 Å². The molecule has 9 heteroatoms. The van der Waals surface area contributed by atoms with Crippen LogP contribution < -0.4 is 11.1 Å². The number of amides is 1. The first-order valence-corrected chi connectivity index (χ1v) is 6.30. The highest BCUT2D eigenvalue weighted by atomic mass is 16.4. The minimum atomic E-state index is -1.29. The van der Waals surface area contributed by atoms with Crippen LogP contribution in [-0.2, 0) is 0 Å². The van der Waals surface area contributed by atoms with Gasteiger partial charge in [0.25, 0.3) is 5.91 Å². The van der Waals surface area contributed by atoms with Crippen LogP contribution in [0.5, 0.6) is 0 Å². The molecular weight excluding hydrogens is 304 g/mol. The Balaban J connectivity index is 2.64. The Morgan fingerprint density at radius 3 is 2.13 bits per heavy atom. The molecule has 2 rings (SSSR count). The lowest BCUT2D eigenvalue weighted by Gasteiger charge is -2.08. The average Bonchev–Trinajstić information content (AvgIpc) is 2.54. The van der Waals surface area contributed by atoms with E-state index in [4.69, 9.17) is 15.9 Å². The third kappa shape index (κ3) is 3.23. The van der Waals surface area contributed by atoms with E-state index in [1.807, 2.05) is 0 Å². The number of rotatable bonds is 4.